The van der Waals surface area contributed by atoms with Crippen molar-refractivity contribution in [3.63, 3.8) is 0 Å². The van der Waals surface area contributed by atoms with Crippen LogP contribution >= 0.6 is 0 Å². The zero-order valence-electron chi connectivity index (χ0n) is 8.92. The number of carbonyl (C=O) groups is 1. The second-order valence-electron chi connectivity index (χ2n) is 3.71. The van der Waals surface area contributed by atoms with Crippen molar-refractivity contribution in [3.05, 3.63) is 24.3 Å². The second kappa shape index (κ2) is 5.69. The molecule has 80 valence electrons. The number of hydrogen-bond acceptors (Lipinski definition) is 1. The molecule has 0 aromatic carbocycles. The molecule has 0 saturated carbocycles. The van der Waals surface area contributed by atoms with E-state index in [2.05, 4.69) is 19.6 Å². The van der Waals surface area contributed by atoms with Gasteiger partial charge < -0.3 is 0 Å². The fourth-order valence-corrected chi connectivity index (χ4v) is 4.73. The van der Waals surface area contributed by atoms with Gasteiger partial charge in [0.2, 0.25) is 0 Å². The summed E-state index contributed by atoms with van der Waals surface area (Å²) in [6.07, 6.45) is 7.87. The van der Waals surface area contributed by atoms with E-state index in [1.807, 2.05) is 6.08 Å². The van der Waals surface area contributed by atoms with E-state index < -0.39 is 0 Å². The molecule has 0 aromatic heterocycles. The molecular formula is C12H18IO-. The number of ketones is 1. The molecule has 0 saturated heterocycles. The average molecular weight is 305 g/mol. The van der Waals surface area contributed by atoms with Gasteiger partial charge in [-0.1, -0.05) is 0 Å². The number of allylic oxidation sites excluding steroid dienone is 3. The third kappa shape index (κ3) is 3.56. The summed E-state index contributed by atoms with van der Waals surface area (Å²) in [5, 5.41) is 0. The van der Waals surface area contributed by atoms with Gasteiger partial charge in [-0.25, -0.2) is 0 Å². The molecule has 0 N–H and O–H groups in total. The maximum absolute atomic E-state index is 11.1. The Bertz CT molecular complexity index is 255. The molecule has 1 aliphatic rings. The predicted molar refractivity (Wildman–Crippen MR) is 56.1 cm³/mol. The summed E-state index contributed by atoms with van der Waals surface area (Å²) in [5.74, 6) is 0.372. The van der Waals surface area contributed by atoms with Crippen molar-refractivity contribution in [2.24, 2.45) is 0 Å². The van der Waals surface area contributed by atoms with Crippen LogP contribution in [-0.4, -0.2) is 13.6 Å². The Balaban J connectivity index is 2.39. The van der Waals surface area contributed by atoms with Crippen molar-refractivity contribution >= 4 is 5.78 Å². The fraction of sp³-hybridized carbons (Fsp3) is 0.583. The van der Waals surface area contributed by atoms with Crippen LogP contribution in [0.3, 0.4) is 0 Å². The van der Waals surface area contributed by atoms with Gasteiger partial charge in [0, 0.05) is 0 Å². The summed E-state index contributed by atoms with van der Waals surface area (Å²) in [5.41, 5.74) is 1.39. The minimum atomic E-state index is 0.0475. The van der Waals surface area contributed by atoms with E-state index in [0.29, 0.717) is 9.71 Å². The van der Waals surface area contributed by atoms with Gasteiger partial charge in [-0.3, -0.25) is 0 Å². The van der Waals surface area contributed by atoms with Crippen molar-refractivity contribution < 1.29 is 26.0 Å². The van der Waals surface area contributed by atoms with Crippen molar-refractivity contribution in [2.45, 2.75) is 41.0 Å². The molecule has 0 aromatic rings. The summed E-state index contributed by atoms with van der Waals surface area (Å²) in [4.78, 5) is 11.1. The molecule has 0 heterocycles. The van der Waals surface area contributed by atoms with Crippen LogP contribution in [-0.2, 0) is 4.79 Å². The van der Waals surface area contributed by atoms with E-state index in [-0.39, 0.29) is 21.2 Å². The van der Waals surface area contributed by atoms with Gasteiger partial charge in [-0.05, 0) is 0 Å². The van der Waals surface area contributed by atoms with E-state index in [9.17, 15) is 4.79 Å². The maximum atomic E-state index is 11.1. The molecular weight excluding hydrogens is 287 g/mol. The number of rotatable bonds is 4. The van der Waals surface area contributed by atoms with Crippen LogP contribution in [0.1, 0.15) is 33.1 Å². The van der Waals surface area contributed by atoms with Crippen LogP contribution in [0.2, 0.25) is 0 Å². The van der Waals surface area contributed by atoms with Gasteiger partial charge in [0.1, 0.15) is 0 Å². The molecule has 1 rings (SSSR count). The molecule has 2 heteroatoms. The quantitative estimate of drug-likeness (QED) is 0.516. The Morgan fingerprint density at radius 3 is 2.93 bits per heavy atom. The minimum absolute atomic E-state index is 0.0475. The van der Waals surface area contributed by atoms with E-state index in [1.54, 1.807) is 6.92 Å². The summed E-state index contributed by atoms with van der Waals surface area (Å²) in [6, 6.07) is 0. The van der Waals surface area contributed by atoms with Crippen molar-refractivity contribution in [1.82, 2.24) is 0 Å². The molecule has 0 spiro atoms. The van der Waals surface area contributed by atoms with Gasteiger partial charge in [0.15, 0.2) is 0 Å². The van der Waals surface area contributed by atoms with Crippen LogP contribution in [0.15, 0.2) is 24.3 Å². The molecule has 1 aliphatic carbocycles. The van der Waals surface area contributed by atoms with Gasteiger partial charge in [0.25, 0.3) is 0 Å². The molecule has 14 heavy (non-hydrogen) atoms. The monoisotopic (exact) mass is 305 g/mol. The number of carbonyl (C=O) groups excluding carboxylic acids is 1. The van der Waals surface area contributed by atoms with Crippen LogP contribution in [0.25, 0.3) is 0 Å². The van der Waals surface area contributed by atoms with Crippen LogP contribution in [0, 0.1) is 0 Å². The van der Waals surface area contributed by atoms with Gasteiger partial charge in [-0.2, -0.15) is 0 Å². The first kappa shape index (κ1) is 12.0. The summed E-state index contributed by atoms with van der Waals surface area (Å²) in [7, 11) is 0. The molecule has 0 amide bonds. The first-order valence-corrected chi connectivity index (χ1v) is 7.56. The Morgan fingerprint density at radius 1 is 1.79 bits per heavy atom. The second-order valence-corrected chi connectivity index (χ2v) is 8.06. The molecule has 0 radical (unpaired) electrons. The van der Waals surface area contributed by atoms with Gasteiger partial charge >= 0.3 is 97.0 Å². The first-order chi connectivity index (χ1) is 6.63. The van der Waals surface area contributed by atoms with E-state index in [4.69, 9.17) is 0 Å². The topological polar surface area (TPSA) is 17.1 Å². The van der Waals surface area contributed by atoms with Crippen molar-refractivity contribution in [2.75, 3.05) is 0 Å². The third-order valence-corrected chi connectivity index (χ3v) is 6.68. The molecule has 2 atom stereocenters. The number of hydrogen-bond donors (Lipinski definition) is 0. The predicted octanol–water partition coefficient (Wildman–Crippen LogP) is -0.282. The zero-order chi connectivity index (χ0) is 10.6. The van der Waals surface area contributed by atoms with Crippen LogP contribution in [0.4, 0.5) is 0 Å². The van der Waals surface area contributed by atoms with E-state index >= 15 is 0 Å². The van der Waals surface area contributed by atoms with Crippen molar-refractivity contribution in [1.29, 1.82) is 0 Å². The normalized spacial score (nSPS) is 24.1. The zero-order valence-corrected chi connectivity index (χ0v) is 11.1. The number of halogens is 1. The SMILES string of the molecule is C=CC1=CCC([I-][C@@H](C)C(C)=O)CC1. The Hall–Kier alpha value is -0.120. The fourth-order valence-electron chi connectivity index (χ4n) is 1.48. The summed E-state index contributed by atoms with van der Waals surface area (Å²) < 4.78 is 1.16. The van der Waals surface area contributed by atoms with Gasteiger partial charge in [-0.15, -0.1) is 0 Å². The first-order valence-electron chi connectivity index (χ1n) is 5.07. The van der Waals surface area contributed by atoms with E-state index in [1.165, 1.54) is 24.8 Å². The third-order valence-electron chi connectivity index (χ3n) is 2.57. The van der Waals surface area contributed by atoms with Crippen LogP contribution in [0.5, 0.6) is 0 Å². The molecule has 0 fully saturated rings. The number of Topliss-reactive ketones (excluding diaryl/α,β-unsaturated/α-hetero) is 1. The molecule has 1 unspecified atom stereocenters. The molecule has 0 aliphatic heterocycles. The van der Waals surface area contributed by atoms with Crippen LogP contribution < -0.4 is 21.2 Å². The Morgan fingerprint density at radius 2 is 2.50 bits per heavy atom. The van der Waals surface area contributed by atoms with Gasteiger partial charge in [0.05, 0.1) is 0 Å². The average Bonchev–Trinajstić information content (AvgIpc) is 2.19. The molecule has 0 bridgehead atoms. The molecule has 1 nitrogen and oxygen atoms in total. The Kier molecular flexibility index (Phi) is 4.85. The Labute approximate surface area is 96.9 Å². The summed E-state index contributed by atoms with van der Waals surface area (Å²) in [6.45, 7) is 7.59. The summed E-state index contributed by atoms with van der Waals surface area (Å²) >= 11 is 0.0475. The standard InChI is InChI=1S/C12H18IO/c1-4-11-5-7-12(8-6-11)13-9(2)10(3)14/h4-5,9,12H,1,6-8H2,2-3H3/q-1/t9-,12?/m0/s1. The van der Waals surface area contributed by atoms with Crippen molar-refractivity contribution in [3.8, 4) is 0 Å². The van der Waals surface area contributed by atoms with E-state index in [0.717, 1.165) is 3.92 Å². The number of alkyl halides is 2.